The number of aromatic nitrogens is 1. The molecule has 0 aliphatic rings. The lowest BCUT2D eigenvalue weighted by atomic mass is 10.1. The Bertz CT molecular complexity index is 587. The van der Waals surface area contributed by atoms with Crippen LogP contribution in [0.15, 0.2) is 41.4 Å². The largest absolute Gasteiger partial charge is 0.293 e. The second-order valence-electron chi connectivity index (χ2n) is 4.71. The minimum Gasteiger partial charge on any atom is -0.293 e. The number of hydrogen-bond donors (Lipinski definition) is 0. The molecule has 0 aliphatic heterocycles. The molecule has 98 valence electrons. The monoisotopic (exact) mass is 271 g/mol. The molecule has 1 heterocycles. The van der Waals surface area contributed by atoms with Crippen LogP contribution in [0.2, 0.25) is 0 Å². The highest BCUT2D eigenvalue weighted by Crippen LogP contribution is 2.19. The summed E-state index contributed by atoms with van der Waals surface area (Å²) >= 11 is 1.50. The zero-order valence-corrected chi connectivity index (χ0v) is 12.3. The molecular formula is C16H17NOS. The Morgan fingerprint density at radius 1 is 1.11 bits per heavy atom. The molecule has 0 spiro atoms. The lowest BCUT2D eigenvalue weighted by Crippen LogP contribution is -2.03. The molecule has 0 aliphatic carbocycles. The molecule has 2 nitrogen and oxygen atoms in total. The second-order valence-corrected chi connectivity index (χ2v) is 5.70. The lowest BCUT2D eigenvalue weighted by molar-refractivity contribution is 0.102. The summed E-state index contributed by atoms with van der Waals surface area (Å²) in [6.07, 6.45) is 0. The SMILES string of the molecule is Cc1cccc(C(=O)CSc2cc(C)cc(C)n2)c1. The van der Waals surface area contributed by atoms with Crippen LogP contribution in [-0.2, 0) is 0 Å². The maximum atomic E-state index is 12.1. The van der Waals surface area contributed by atoms with E-state index in [9.17, 15) is 4.79 Å². The number of carbonyl (C=O) groups excluding carboxylic acids is 1. The van der Waals surface area contributed by atoms with Gasteiger partial charge in [-0.2, -0.15) is 0 Å². The highest BCUT2D eigenvalue weighted by atomic mass is 32.2. The molecule has 0 saturated heterocycles. The van der Waals surface area contributed by atoms with Crippen molar-refractivity contribution in [1.29, 1.82) is 0 Å². The smallest absolute Gasteiger partial charge is 0.173 e. The van der Waals surface area contributed by atoms with Crippen LogP contribution in [0.5, 0.6) is 0 Å². The Morgan fingerprint density at radius 3 is 2.58 bits per heavy atom. The van der Waals surface area contributed by atoms with E-state index in [1.165, 1.54) is 17.3 Å². The second kappa shape index (κ2) is 6.02. The summed E-state index contributed by atoms with van der Waals surface area (Å²) in [6, 6.07) is 11.8. The van der Waals surface area contributed by atoms with Crippen molar-refractivity contribution in [1.82, 2.24) is 4.98 Å². The van der Waals surface area contributed by atoms with Crippen LogP contribution in [0.3, 0.4) is 0 Å². The first-order valence-corrected chi connectivity index (χ1v) is 7.21. The van der Waals surface area contributed by atoms with Crippen molar-refractivity contribution in [3.63, 3.8) is 0 Å². The van der Waals surface area contributed by atoms with Gasteiger partial charge in [-0.05, 0) is 44.5 Å². The molecule has 3 heteroatoms. The van der Waals surface area contributed by atoms with E-state index in [1.54, 1.807) is 0 Å². The molecule has 0 N–H and O–H groups in total. The van der Waals surface area contributed by atoms with E-state index in [4.69, 9.17) is 0 Å². The molecule has 0 fully saturated rings. The maximum Gasteiger partial charge on any atom is 0.173 e. The number of pyridine rings is 1. The number of aryl methyl sites for hydroxylation is 3. The molecule has 2 rings (SSSR count). The third kappa shape index (κ3) is 3.93. The first-order valence-electron chi connectivity index (χ1n) is 6.22. The van der Waals surface area contributed by atoms with Crippen LogP contribution in [-0.4, -0.2) is 16.5 Å². The van der Waals surface area contributed by atoms with Gasteiger partial charge >= 0.3 is 0 Å². The summed E-state index contributed by atoms with van der Waals surface area (Å²) in [5, 5.41) is 0.915. The molecule has 0 radical (unpaired) electrons. The number of benzene rings is 1. The molecule has 1 aromatic heterocycles. The fourth-order valence-corrected chi connectivity index (χ4v) is 2.84. The van der Waals surface area contributed by atoms with Gasteiger partial charge in [0, 0.05) is 11.3 Å². The number of nitrogens with zero attached hydrogens (tertiary/aromatic N) is 1. The Labute approximate surface area is 118 Å². The topological polar surface area (TPSA) is 30.0 Å². The van der Waals surface area contributed by atoms with Gasteiger partial charge in [0.15, 0.2) is 5.78 Å². The third-order valence-electron chi connectivity index (χ3n) is 2.77. The number of thioether (sulfide) groups is 1. The Balaban J connectivity index is 2.04. The van der Waals surface area contributed by atoms with E-state index in [0.717, 1.165) is 21.8 Å². The van der Waals surface area contributed by atoms with Crippen LogP contribution in [0, 0.1) is 20.8 Å². The molecule has 0 saturated carbocycles. The van der Waals surface area contributed by atoms with Gasteiger partial charge in [-0.1, -0.05) is 35.5 Å². The van der Waals surface area contributed by atoms with Gasteiger partial charge in [0.25, 0.3) is 0 Å². The van der Waals surface area contributed by atoms with Gasteiger partial charge in [-0.15, -0.1) is 0 Å². The van der Waals surface area contributed by atoms with Crippen LogP contribution in [0.25, 0.3) is 0 Å². The highest BCUT2D eigenvalue weighted by Gasteiger charge is 2.07. The van der Waals surface area contributed by atoms with Gasteiger partial charge in [0.1, 0.15) is 0 Å². The molecule has 0 amide bonds. The molecule has 0 unspecified atom stereocenters. The van der Waals surface area contributed by atoms with Crippen molar-refractivity contribution >= 4 is 17.5 Å². The number of Topliss-reactive ketones (excluding diaryl/α,β-unsaturated/α-hetero) is 1. The Morgan fingerprint density at radius 2 is 1.89 bits per heavy atom. The summed E-state index contributed by atoms with van der Waals surface area (Å²) in [4.78, 5) is 16.5. The summed E-state index contributed by atoms with van der Waals surface area (Å²) in [6.45, 7) is 6.01. The highest BCUT2D eigenvalue weighted by molar-refractivity contribution is 7.99. The van der Waals surface area contributed by atoms with Crippen molar-refractivity contribution in [3.05, 3.63) is 58.8 Å². The minimum atomic E-state index is 0.148. The molecule has 0 atom stereocenters. The Kier molecular flexibility index (Phi) is 4.38. The lowest BCUT2D eigenvalue weighted by Gasteiger charge is -2.04. The number of hydrogen-bond acceptors (Lipinski definition) is 3. The van der Waals surface area contributed by atoms with E-state index >= 15 is 0 Å². The van der Waals surface area contributed by atoms with Gasteiger partial charge in [0.2, 0.25) is 0 Å². The van der Waals surface area contributed by atoms with E-state index in [2.05, 4.69) is 4.98 Å². The number of ketones is 1. The van der Waals surface area contributed by atoms with Gasteiger partial charge in [-0.3, -0.25) is 4.79 Å². The molecule has 19 heavy (non-hydrogen) atoms. The van der Waals surface area contributed by atoms with Crippen molar-refractivity contribution in [2.24, 2.45) is 0 Å². The number of carbonyl (C=O) groups is 1. The summed E-state index contributed by atoms with van der Waals surface area (Å²) in [5.41, 5.74) is 4.06. The van der Waals surface area contributed by atoms with Crippen LogP contribution < -0.4 is 0 Å². The van der Waals surface area contributed by atoms with E-state index in [1.807, 2.05) is 57.2 Å². The summed E-state index contributed by atoms with van der Waals surface area (Å²) in [7, 11) is 0. The normalized spacial score (nSPS) is 10.5. The van der Waals surface area contributed by atoms with Crippen LogP contribution in [0.1, 0.15) is 27.2 Å². The quantitative estimate of drug-likeness (QED) is 0.622. The van der Waals surface area contributed by atoms with Gasteiger partial charge in [0.05, 0.1) is 10.8 Å². The summed E-state index contributed by atoms with van der Waals surface area (Å²) < 4.78 is 0. The number of rotatable bonds is 4. The fourth-order valence-electron chi connectivity index (χ4n) is 1.92. The predicted molar refractivity (Wildman–Crippen MR) is 79.9 cm³/mol. The average molecular weight is 271 g/mol. The Hall–Kier alpha value is -1.61. The van der Waals surface area contributed by atoms with Crippen molar-refractivity contribution in [3.8, 4) is 0 Å². The first-order chi connectivity index (χ1) is 9.04. The van der Waals surface area contributed by atoms with Gasteiger partial charge in [-0.25, -0.2) is 4.98 Å². The van der Waals surface area contributed by atoms with Gasteiger partial charge < -0.3 is 0 Å². The molecule has 0 bridgehead atoms. The predicted octanol–water partition coefficient (Wildman–Crippen LogP) is 3.98. The van der Waals surface area contributed by atoms with Crippen LogP contribution in [0.4, 0.5) is 0 Å². The zero-order valence-electron chi connectivity index (χ0n) is 11.4. The minimum absolute atomic E-state index is 0.148. The van der Waals surface area contributed by atoms with Crippen molar-refractivity contribution in [2.75, 3.05) is 5.75 Å². The summed E-state index contributed by atoms with van der Waals surface area (Å²) in [5.74, 6) is 0.578. The fraction of sp³-hybridized carbons (Fsp3) is 0.250. The van der Waals surface area contributed by atoms with E-state index < -0.39 is 0 Å². The van der Waals surface area contributed by atoms with Crippen molar-refractivity contribution < 1.29 is 4.79 Å². The average Bonchev–Trinajstić information content (AvgIpc) is 2.35. The molecule has 2 aromatic rings. The van der Waals surface area contributed by atoms with E-state index in [0.29, 0.717) is 5.75 Å². The van der Waals surface area contributed by atoms with Crippen molar-refractivity contribution in [2.45, 2.75) is 25.8 Å². The first kappa shape index (κ1) is 13.8. The van der Waals surface area contributed by atoms with Crippen LogP contribution >= 0.6 is 11.8 Å². The molecular weight excluding hydrogens is 254 g/mol. The maximum absolute atomic E-state index is 12.1. The van der Waals surface area contributed by atoms with E-state index in [-0.39, 0.29) is 5.78 Å². The third-order valence-corrected chi connectivity index (χ3v) is 3.68. The standard InChI is InChI=1S/C16H17NOS/c1-11-5-4-6-14(8-11)15(18)10-19-16-9-12(2)7-13(3)17-16/h4-9H,10H2,1-3H3. The molecule has 1 aromatic carbocycles. The zero-order chi connectivity index (χ0) is 13.8.